The molecular weight excluding hydrogens is 336 g/mol. The summed E-state index contributed by atoms with van der Waals surface area (Å²) < 4.78 is 0. The maximum absolute atomic E-state index is 12.7. The van der Waals surface area contributed by atoms with Crippen molar-refractivity contribution in [2.24, 2.45) is 0 Å². The number of likely N-dealkylation sites (N-methyl/N-ethyl adjacent to an activating group) is 1. The Morgan fingerprint density at radius 1 is 1.19 bits per heavy atom. The van der Waals surface area contributed by atoms with Crippen molar-refractivity contribution >= 4 is 23.8 Å². The van der Waals surface area contributed by atoms with Gasteiger partial charge in [0.2, 0.25) is 11.8 Å². The van der Waals surface area contributed by atoms with E-state index in [1.807, 2.05) is 20.8 Å². The quantitative estimate of drug-likeness (QED) is 0.709. The second-order valence-electron chi connectivity index (χ2n) is 8.17. The molecule has 0 atom stereocenters. The zero-order valence-electron chi connectivity index (χ0n) is 16.2. The molecule has 1 aliphatic heterocycles. The van der Waals surface area contributed by atoms with E-state index in [1.54, 1.807) is 6.92 Å². The molecule has 0 unspecified atom stereocenters. The number of hydrogen-bond acceptors (Lipinski definition) is 4. The minimum absolute atomic E-state index is 0.0958. The van der Waals surface area contributed by atoms with Crippen molar-refractivity contribution in [3.05, 3.63) is 0 Å². The van der Waals surface area contributed by atoms with Crippen LogP contribution in [-0.4, -0.2) is 64.3 Å². The van der Waals surface area contributed by atoms with Crippen LogP contribution < -0.4 is 10.6 Å². The highest BCUT2D eigenvalue weighted by atomic mass is 16.2. The maximum Gasteiger partial charge on any atom is 0.325 e. The average Bonchev–Trinajstić information content (AvgIpc) is 2.75. The Labute approximate surface area is 154 Å². The molecule has 5 amide bonds. The van der Waals surface area contributed by atoms with Crippen LogP contribution >= 0.6 is 0 Å². The molecule has 1 saturated heterocycles. The monoisotopic (exact) mass is 366 g/mol. The van der Waals surface area contributed by atoms with Crippen LogP contribution in [0.2, 0.25) is 0 Å². The molecule has 146 valence electrons. The van der Waals surface area contributed by atoms with E-state index in [1.165, 1.54) is 4.90 Å². The van der Waals surface area contributed by atoms with Crippen LogP contribution in [0.1, 0.15) is 59.8 Å². The predicted octanol–water partition coefficient (Wildman–Crippen LogP) is 1.00. The molecule has 2 rings (SSSR count). The lowest BCUT2D eigenvalue weighted by molar-refractivity contribution is -0.141. The first-order valence-corrected chi connectivity index (χ1v) is 9.31. The van der Waals surface area contributed by atoms with Gasteiger partial charge in [0, 0.05) is 12.1 Å². The summed E-state index contributed by atoms with van der Waals surface area (Å²) in [5.41, 5.74) is -1.23. The first kappa shape index (κ1) is 20.2. The van der Waals surface area contributed by atoms with Crippen LogP contribution in [0.5, 0.6) is 0 Å². The minimum Gasteiger partial charge on any atom is -0.350 e. The number of nitrogens with one attached hydrogen (secondary N) is 2. The third-order valence-corrected chi connectivity index (χ3v) is 4.83. The molecule has 26 heavy (non-hydrogen) atoms. The maximum atomic E-state index is 12.7. The summed E-state index contributed by atoms with van der Waals surface area (Å²) in [6, 6.07) is -0.513. The zero-order chi connectivity index (χ0) is 19.5. The van der Waals surface area contributed by atoms with Crippen molar-refractivity contribution in [2.45, 2.75) is 70.9 Å². The van der Waals surface area contributed by atoms with Crippen molar-refractivity contribution in [2.75, 3.05) is 19.6 Å². The lowest BCUT2D eigenvalue weighted by Crippen LogP contribution is -2.51. The molecule has 2 N–H and O–H groups in total. The Morgan fingerprint density at radius 3 is 2.35 bits per heavy atom. The fraction of sp³-hybridized carbons (Fsp3) is 0.778. The van der Waals surface area contributed by atoms with Gasteiger partial charge in [0.1, 0.15) is 12.1 Å². The molecule has 1 aliphatic carbocycles. The van der Waals surface area contributed by atoms with E-state index >= 15 is 0 Å². The van der Waals surface area contributed by atoms with Gasteiger partial charge in [0.15, 0.2) is 0 Å². The molecule has 0 bridgehead atoms. The van der Waals surface area contributed by atoms with Crippen molar-refractivity contribution < 1.29 is 19.2 Å². The molecular formula is C18H30N4O4. The summed E-state index contributed by atoms with van der Waals surface area (Å²) in [5.74, 6) is -0.993. The lowest BCUT2D eigenvalue weighted by Gasteiger charge is -2.30. The highest BCUT2D eigenvalue weighted by Crippen LogP contribution is 2.33. The number of nitrogens with zero attached hydrogens (tertiary/aromatic N) is 2. The summed E-state index contributed by atoms with van der Waals surface area (Å²) in [7, 11) is 0. The van der Waals surface area contributed by atoms with Gasteiger partial charge < -0.3 is 15.5 Å². The summed E-state index contributed by atoms with van der Waals surface area (Å²) >= 11 is 0. The van der Waals surface area contributed by atoms with Crippen molar-refractivity contribution in [3.63, 3.8) is 0 Å². The first-order chi connectivity index (χ1) is 12.1. The average molecular weight is 366 g/mol. The van der Waals surface area contributed by atoms with Gasteiger partial charge in [-0.05, 0) is 40.5 Å². The van der Waals surface area contributed by atoms with Gasteiger partial charge in [-0.25, -0.2) is 4.79 Å². The van der Waals surface area contributed by atoms with Crippen molar-refractivity contribution in [1.82, 2.24) is 20.4 Å². The SMILES string of the molecule is CCN(CC(=O)NC(C)(C)C)C(=O)CN1C(=O)NC2(CCCCC2)C1=O. The van der Waals surface area contributed by atoms with Gasteiger partial charge in [-0.3, -0.25) is 19.3 Å². The summed E-state index contributed by atoms with van der Waals surface area (Å²) in [6.45, 7) is 7.24. The van der Waals surface area contributed by atoms with Gasteiger partial charge in [0.25, 0.3) is 5.91 Å². The Balaban J connectivity index is 1.99. The first-order valence-electron chi connectivity index (χ1n) is 9.31. The van der Waals surface area contributed by atoms with Crippen LogP contribution in [-0.2, 0) is 14.4 Å². The fourth-order valence-corrected chi connectivity index (χ4v) is 3.56. The van der Waals surface area contributed by atoms with Crippen LogP contribution in [0.3, 0.4) is 0 Å². The van der Waals surface area contributed by atoms with E-state index in [4.69, 9.17) is 0 Å². The number of carbonyl (C=O) groups is 4. The van der Waals surface area contributed by atoms with E-state index in [2.05, 4.69) is 10.6 Å². The Hall–Kier alpha value is -2.12. The van der Waals surface area contributed by atoms with E-state index in [0.29, 0.717) is 19.4 Å². The Bertz CT molecular complexity index is 590. The molecule has 0 aromatic heterocycles. The molecule has 0 aromatic rings. The van der Waals surface area contributed by atoms with Crippen molar-refractivity contribution in [1.29, 1.82) is 0 Å². The van der Waals surface area contributed by atoms with Gasteiger partial charge >= 0.3 is 6.03 Å². The highest BCUT2D eigenvalue weighted by molar-refractivity contribution is 6.09. The largest absolute Gasteiger partial charge is 0.350 e. The molecule has 2 aliphatic rings. The van der Waals surface area contributed by atoms with E-state index < -0.39 is 23.0 Å². The fourth-order valence-electron chi connectivity index (χ4n) is 3.56. The van der Waals surface area contributed by atoms with Gasteiger partial charge in [-0.15, -0.1) is 0 Å². The summed E-state index contributed by atoms with van der Waals surface area (Å²) in [5, 5.41) is 5.59. The molecule has 1 saturated carbocycles. The van der Waals surface area contributed by atoms with Crippen LogP contribution in [0.15, 0.2) is 0 Å². The molecule has 0 radical (unpaired) electrons. The molecule has 0 aromatic carbocycles. The van der Waals surface area contributed by atoms with Crippen LogP contribution in [0.25, 0.3) is 0 Å². The Kier molecular flexibility index (Phi) is 5.93. The number of hydrogen-bond donors (Lipinski definition) is 2. The zero-order valence-corrected chi connectivity index (χ0v) is 16.2. The van der Waals surface area contributed by atoms with Gasteiger partial charge in [-0.2, -0.15) is 0 Å². The minimum atomic E-state index is -0.837. The topological polar surface area (TPSA) is 98.8 Å². The number of amides is 5. The smallest absolute Gasteiger partial charge is 0.325 e. The highest BCUT2D eigenvalue weighted by Gasteiger charge is 2.51. The summed E-state index contributed by atoms with van der Waals surface area (Å²) in [4.78, 5) is 52.0. The second-order valence-corrected chi connectivity index (χ2v) is 8.17. The van der Waals surface area contributed by atoms with E-state index in [9.17, 15) is 19.2 Å². The normalized spacial score (nSPS) is 19.5. The summed E-state index contributed by atoms with van der Waals surface area (Å²) in [6.07, 6.45) is 4.07. The van der Waals surface area contributed by atoms with Gasteiger partial charge in [0.05, 0.1) is 6.54 Å². The molecule has 1 spiro atoms. The third-order valence-electron chi connectivity index (χ3n) is 4.83. The number of imide groups is 1. The van der Waals surface area contributed by atoms with E-state index in [-0.39, 0.29) is 24.9 Å². The predicted molar refractivity (Wildman–Crippen MR) is 96.2 cm³/mol. The molecule has 2 fully saturated rings. The molecule has 8 heteroatoms. The number of carbonyl (C=O) groups excluding carboxylic acids is 4. The molecule has 8 nitrogen and oxygen atoms in total. The van der Waals surface area contributed by atoms with Crippen LogP contribution in [0, 0.1) is 0 Å². The number of rotatable bonds is 5. The molecule has 1 heterocycles. The van der Waals surface area contributed by atoms with E-state index in [0.717, 1.165) is 24.2 Å². The number of urea groups is 1. The van der Waals surface area contributed by atoms with Crippen LogP contribution in [0.4, 0.5) is 4.79 Å². The van der Waals surface area contributed by atoms with Gasteiger partial charge in [-0.1, -0.05) is 19.3 Å². The van der Waals surface area contributed by atoms with Crippen molar-refractivity contribution in [3.8, 4) is 0 Å². The Morgan fingerprint density at radius 2 is 1.81 bits per heavy atom. The second kappa shape index (κ2) is 7.63. The third kappa shape index (κ3) is 4.53. The lowest BCUT2D eigenvalue weighted by atomic mass is 9.82. The standard InChI is InChI=1S/C18H30N4O4/c1-5-21(11-13(23)19-17(2,3)4)14(24)12-22-15(25)18(20-16(22)26)9-7-6-8-10-18/h5-12H2,1-4H3,(H,19,23)(H,20,26).